The van der Waals surface area contributed by atoms with Crippen molar-refractivity contribution in [1.29, 1.82) is 0 Å². The van der Waals surface area contributed by atoms with Crippen molar-refractivity contribution in [3.63, 3.8) is 0 Å². The number of thiophene rings is 1. The quantitative estimate of drug-likeness (QED) is 0.666. The summed E-state index contributed by atoms with van der Waals surface area (Å²) in [6, 6.07) is 13.6. The lowest BCUT2D eigenvalue weighted by Gasteiger charge is -2.38. The van der Waals surface area contributed by atoms with Crippen LogP contribution in [0.25, 0.3) is 6.08 Å². The van der Waals surface area contributed by atoms with Gasteiger partial charge < -0.3 is 4.90 Å². The number of benzene rings is 1. The third-order valence-corrected chi connectivity index (χ3v) is 9.22. The molecule has 2 saturated heterocycles. The molecule has 1 aromatic carbocycles. The predicted octanol–water partition coefficient (Wildman–Crippen LogP) is 3.01. The van der Waals surface area contributed by atoms with Gasteiger partial charge >= 0.3 is 0 Å². The molecule has 3 heterocycles. The molecular formula is C23H29N3O3S2. The fourth-order valence-corrected chi connectivity index (χ4v) is 6.88. The van der Waals surface area contributed by atoms with E-state index in [-0.39, 0.29) is 11.8 Å². The summed E-state index contributed by atoms with van der Waals surface area (Å²) in [7, 11) is -3.49. The van der Waals surface area contributed by atoms with Gasteiger partial charge in [-0.3, -0.25) is 9.69 Å². The van der Waals surface area contributed by atoms with Gasteiger partial charge in [-0.1, -0.05) is 48.6 Å². The first-order chi connectivity index (χ1) is 15.0. The fraction of sp³-hybridized carbons (Fsp3) is 0.435. The molecule has 166 valence electrons. The maximum atomic E-state index is 13.1. The molecule has 0 aliphatic carbocycles. The van der Waals surface area contributed by atoms with Crippen molar-refractivity contribution in [2.75, 3.05) is 45.8 Å². The Hall–Kier alpha value is -2.00. The number of sulfonamides is 1. The fourth-order valence-electron chi connectivity index (χ4n) is 4.21. The van der Waals surface area contributed by atoms with Gasteiger partial charge in [-0.2, -0.15) is 4.31 Å². The predicted molar refractivity (Wildman–Crippen MR) is 124 cm³/mol. The number of hydrogen-bond donors (Lipinski definition) is 0. The number of piperidine rings is 1. The highest BCUT2D eigenvalue weighted by molar-refractivity contribution is 7.91. The largest absolute Gasteiger partial charge is 0.340 e. The zero-order valence-electron chi connectivity index (χ0n) is 17.6. The lowest BCUT2D eigenvalue weighted by molar-refractivity contribution is -0.138. The lowest BCUT2D eigenvalue weighted by atomic mass is 9.98. The van der Waals surface area contributed by atoms with Crippen LogP contribution in [0.15, 0.2) is 58.1 Å². The van der Waals surface area contributed by atoms with E-state index in [9.17, 15) is 13.2 Å². The molecule has 4 rings (SSSR count). The zero-order chi connectivity index (χ0) is 21.7. The number of rotatable bonds is 6. The van der Waals surface area contributed by atoms with Crippen molar-refractivity contribution in [2.24, 2.45) is 5.92 Å². The SMILES string of the molecule is O=C(C1CCCN(S(=O)(=O)c2cccs2)C1)N1CCN(CC=Cc2ccccc2)CC1. The van der Waals surface area contributed by atoms with Crippen molar-refractivity contribution >= 4 is 33.3 Å². The van der Waals surface area contributed by atoms with Gasteiger partial charge in [-0.05, 0) is 29.9 Å². The molecule has 2 aliphatic rings. The van der Waals surface area contributed by atoms with E-state index < -0.39 is 10.0 Å². The van der Waals surface area contributed by atoms with Crippen LogP contribution in [0.1, 0.15) is 18.4 Å². The Balaban J connectivity index is 1.28. The van der Waals surface area contributed by atoms with Gasteiger partial charge in [0.15, 0.2) is 0 Å². The first kappa shape index (κ1) is 22.2. The molecule has 1 unspecified atom stereocenters. The van der Waals surface area contributed by atoms with E-state index >= 15 is 0 Å². The number of carbonyl (C=O) groups is 1. The summed E-state index contributed by atoms with van der Waals surface area (Å²) in [5, 5.41) is 1.77. The number of nitrogens with zero attached hydrogens (tertiary/aromatic N) is 3. The maximum Gasteiger partial charge on any atom is 0.252 e. The van der Waals surface area contributed by atoms with Crippen molar-refractivity contribution in [2.45, 2.75) is 17.1 Å². The second kappa shape index (κ2) is 10.1. The zero-order valence-corrected chi connectivity index (χ0v) is 19.2. The van der Waals surface area contributed by atoms with E-state index in [2.05, 4.69) is 29.2 Å². The van der Waals surface area contributed by atoms with Crippen molar-refractivity contribution < 1.29 is 13.2 Å². The minimum absolute atomic E-state index is 0.102. The molecule has 1 amide bonds. The van der Waals surface area contributed by atoms with E-state index in [1.807, 2.05) is 23.1 Å². The molecule has 8 heteroatoms. The summed E-state index contributed by atoms with van der Waals surface area (Å²) in [6.45, 7) is 4.74. The number of amides is 1. The highest BCUT2D eigenvalue weighted by atomic mass is 32.2. The van der Waals surface area contributed by atoms with Crippen LogP contribution in [0.3, 0.4) is 0 Å². The molecule has 2 fully saturated rings. The molecule has 6 nitrogen and oxygen atoms in total. The molecule has 1 atom stereocenters. The van der Waals surface area contributed by atoms with Crippen LogP contribution in [0, 0.1) is 5.92 Å². The smallest absolute Gasteiger partial charge is 0.252 e. The number of piperazine rings is 1. The highest BCUT2D eigenvalue weighted by Crippen LogP contribution is 2.27. The summed E-state index contributed by atoms with van der Waals surface area (Å²) in [5.41, 5.74) is 1.19. The monoisotopic (exact) mass is 459 g/mol. The van der Waals surface area contributed by atoms with Crippen LogP contribution in [0.4, 0.5) is 0 Å². The lowest BCUT2D eigenvalue weighted by Crippen LogP contribution is -2.52. The standard InChI is InChI=1S/C23H29N3O3S2/c27-23(21-10-5-13-26(19-21)31(28,29)22-11-6-18-30-22)25-16-14-24(15-17-25)12-4-9-20-7-2-1-3-8-20/h1-4,6-9,11,18,21H,5,10,12-17,19H2. The van der Waals surface area contributed by atoms with E-state index in [1.54, 1.807) is 17.5 Å². The van der Waals surface area contributed by atoms with Crippen molar-refractivity contribution in [1.82, 2.24) is 14.1 Å². The van der Waals surface area contributed by atoms with Gasteiger partial charge in [-0.25, -0.2) is 8.42 Å². The summed E-state index contributed by atoms with van der Waals surface area (Å²) >= 11 is 1.23. The van der Waals surface area contributed by atoms with Gasteiger partial charge in [0.05, 0.1) is 5.92 Å². The molecule has 2 aromatic rings. The van der Waals surface area contributed by atoms with Crippen LogP contribution >= 0.6 is 11.3 Å². The van der Waals surface area contributed by atoms with Gasteiger partial charge in [-0.15, -0.1) is 11.3 Å². The van der Waals surface area contributed by atoms with E-state index in [0.717, 1.165) is 32.5 Å². The molecule has 0 spiro atoms. The van der Waals surface area contributed by atoms with Crippen LogP contribution in [0.2, 0.25) is 0 Å². The Morgan fingerprint density at radius 3 is 2.52 bits per heavy atom. The maximum absolute atomic E-state index is 13.1. The molecule has 0 radical (unpaired) electrons. The number of carbonyl (C=O) groups excluding carboxylic acids is 1. The highest BCUT2D eigenvalue weighted by Gasteiger charge is 2.36. The van der Waals surface area contributed by atoms with Crippen molar-refractivity contribution in [3.05, 3.63) is 59.5 Å². The van der Waals surface area contributed by atoms with Crippen LogP contribution in [-0.4, -0.2) is 74.2 Å². The topological polar surface area (TPSA) is 60.9 Å². The Bertz CT molecular complexity index is 982. The van der Waals surface area contributed by atoms with Gasteiger partial charge in [0.2, 0.25) is 5.91 Å². The van der Waals surface area contributed by atoms with Gasteiger partial charge in [0, 0.05) is 45.8 Å². The van der Waals surface area contributed by atoms with Crippen LogP contribution in [0.5, 0.6) is 0 Å². The van der Waals surface area contributed by atoms with E-state index in [4.69, 9.17) is 0 Å². The Morgan fingerprint density at radius 1 is 1.03 bits per heavy atom. The number of hydrogen-bond acceptors (Lipinski definition) is 5. The Morgan fingerprint density at radius 2 is 1.81 bits per heavy atom. The second-order valence-electron chi connectivity index (χ2n) is 8.07. The van der Waals surface area contributed by atoms with Crippen LogP contribution in [-0.2, 0) is 14.8 Å². The Kier molecular flexibility index (Phi) is 7.22. The minimum atomic E-state index is -3.49. The normalized spacial score (nSPS) is 21.5. The first-order valence-corrected chi connectivity index (χ1v) is 13.1. The van der Waals surface area contributed by atoms with E-state index in [1.165, 1.54) is 21.2 Å². The van der Waals surface area contributed by atoms with Crippen LogP contribution < -0.4 is 0 Å². The summed E-state index contributed by atoms with van der Waals surface area (Å²) in [6.07, 6.45) is 5.78. The summed E-state index contributed by atoms with van der Waals surface area (Å²) in [4.78, 5) is 17.4. The Labute approximate surface area is 188 Å². The molecule has 31 heavy (non-hydrogen) atoms. The van der Waals surface area contributed by atoms with Gasteiger partial charge in [0.1, 0.15) is 4.21 Å². The average Bonchev–Trinajstić information content (AvgIpc) is 3.36. The molecular weight excluding hydrogens is 430 g/mol. The third-order valence-electron chi connectivity index (χ3n) is 5.98. The summed E-state index contributed by atoms with van der Waals surface area (Å²) < 4.78 is 27.5. The molecule has 0 saturated carbocycles. The molecule has 1 aromatic heterocycles. The first-order valence-electron chi connectivity index (χ1n) is 10.8. The molecule has 0 N–H and O–H groups in total. The summed E-state index contributed by atoms with van der Waals surface area (Å²) in [5.74, 6) is -0.140. The van der Waals surface area contributed by atoms with Gasteiger partial charge in [0.25, 0.3) is 10.0 Å². The van der Waals surface area contributed by atoms with Crippen molar-refractivity contribution in [3.8, 4) is 0 Å². The second-order valence-corrected chi connectivity index (χ2v) is 11.2. The third kappa shape index (κ3) is 5.44. The minimum Gasteiger partial charge on any atom is -0.340 e. The average molecular weight is 460 g/mol. The van der Waals surface area contributed by atoms with E-state index in [0.29, 0.717) is 30.4 Å². The molecule has 2 aliphatic heterocycles. The molecule has 0 bridgehead atoms.